The van der Waals surface area contributed by atoms with Crippen molar-refractivity contribution in [2.75, 3.05) is 25.0 Å². The Labute approximate surface area is 117 Å². The van der Waals surface area contributed by atoms with Gasteiger partial charge in [-0.3, -0.25) is 9.59 Å². The summed E-state index contributed by atoms with van der Waals surface area (Å²) >= 11 is 0. The number of fused-ring (bicyclic) bond motifs is 1. The maximum Gasteiger partial charge on any atom is 0.262 e. The molecule has 1 aromatic rings. The Balaban J connectivity index is 2.25. The summed E-state index contributed by atoms with van der Waals surface area (Å²) in [5, 5.41) is 2.68. The van der Waals surface area contributed by atoms with Gasteiger partial charge in [0.05, 0.1) is 5.69 Å². The number of rotatable bonds is 5. The van der Waals surface area contributed by atoms with Crippen molar-refractivity contribution in [1.82, 2.24) is 4.90 Å². The van der Waals surface area contributed by atoms with Crippen molar-refractivity contribution in [1.29, 1.82) is 0 Å². The second-order valence-corrected chi connectivity index (χ2v) is 4.34. The molecule has 0 fully saturated rings. The van der Waals surface area contributed by atoms with Gasteiger partial charge in [-0.05, 0) is 18.2 Å². The highest BCUT2D eigenvalue weighted by atomic mass is 16.5. The average Bonchev–Trinajstić information content (AvgIpc) is 2.45. The zero-order chi connectivity index (χ0) is 14.5. The standard InChI is InChI=1S/C15H16N2O3/c1-3-7-17(8-4-2)15(19)11-5-6-13-12(9-11)16-14(18)10-20-13/h3-6,9H,1-2,7-8,10H2,(H,16,18). The Morgan fingerprint density at radius 1 is 1.35 bits per heavy atom. The molecule has 2 rings (SSSR count). The molecule has 0 spiro atoms. The molecular formula is C15H16N2O3. The van der Waals surface area contributed by atoms with Crippen LogP contribution in [-0.4, -0.2) is 36.4 Å². The smallest absolute Gasteiger partial charge is 0.262 e. The molecule has 5 heteroatoms. The summed E-state index contributed by atoms with van der Waals surface area (Å²) < 4.78 is 5.26. The molecule has 0 unspecified atom stereocenters. The van der Waals surface area contributed by atoms with Crippen molar-refractivity contribution in [3.63, 3.8) is 0 Å². The van der Waals surface area contributed by atoms with Crippen LogP contribution in [0.3, 0.4) is 0 Å². The lowest BCUT2D eigenvalue weighted by Crippen LogP contribution is -2.31. The van der Waals surface area contributed by atoms with E-state index in [1.807, 2.05) is 0 Å². The van der Waals surface area contributed by atoms with Gasteiger partial charge in [0.15, 0.2) is 6.61 Å². The van der Waals surface area contributed by atoms with E-state index in [0.717, 1.165) is 0 Å². The summed E-state index contributed by atoms with van der Waals surface area (Å²) in [6, 6.07) is 4.98. The zero-order valence-corrected chi connectivity index (χ0v) is 11.1. The highest BCUT2D eigenvalue weighted by Gasteiger charge is 2.19. The van der Waals surface area contributed by atoms with E-state index >= 15 is 0 Å². The molecule has 2 amide bonds. The Morgan fingerprint density at radius 2 is 2.05 bits per heavy atom. The first-order chi connectivity index (χ1) is 9.65. The molecule has 5 nitrogen and oxygen atoms in total. The van der Waals surface area contributed by atoms with Gasteiger partial charge in [-0.1, -0.05) is 12.2 Å². The van der Waals surface area contributed by atoms with Gasteiger partial charge in [-0.2, -0.15) is 0 Å². The number of carbonyl (C=O) groups is 2. The Kier molecular flexibility index (Phi) is 4.20. The van der Waals surface area contributed by atoms with Crippen LogP contribution in [0.5, 0.6) is 5.75 Å². The summed E-state index contributed by atoms with van der Waals surface area (Å²) in [5.74, 6) is 0.198. The van der Waals surface area contributed by atoms with Crippen LogP contribution in [0.1, 0.15) is 10.4 Å². The molecule has 0 saturated heterocycles. The van der Waals surface area contributed by atoms with Gasteiger partial charge in [0.2, 0.25) is 0 Å². The second kappa shape index (κ2) is 6.06. The first-order valence-electron chi connectivity index (χ1n) is 6.23. The van der Waals surface area contributed by atoms with Crippen LogP contribution in [0.15, 0.2) is 43.5 Å². The third-order valence-corrected chi connectivity index (χ3v) is 2.85. The average molecular weight is 272 g/mol. The largest absolute Gasteiger partial charge is 0.482 e. The summed E-state index contributed by atoms with van der Waals surface area (Å²) in [7, 11) is 0. The van der Waals surface area contributed by atoms with Crippen LogP contribution in [-0.2, 0) is 4.79 Å². The lowest BCUT2D eigenvalue weighted by atomic mass is 10.1. The van der Waals surface area contributed by atoms with Crippen molar-refractivity contribution in [3.05, 3.63) is 49.1 Å². The quantitative estimate of drug-likeness (QED) is 0.832. The monoisotopic (exact) mass is 272 g/mol. The lowest BCUT2D eigenvalue weighted by Gasteiger charge is -2.22. The molecule has 0 saturated carbocycles. The third kappa shape index (κ3) is 2.88. The summed E-state index contributed by atoms with van der Waals surface area (Å²) in [4.78, 5) is 25.3. The molecule has 104 valence electrons. The molecule has 1 aromatic carbocycles. The van der Waals surface area contributed by atoms with Crippen molar-refractivity contribution < 1.29 is 14.3 Å². The fourth-order valence-electron chi connectivity index (χ4n) is 1.95. The number of nitrogens with one attached hydrogen (secondary N) is 1. The van der Waals surface area contributed by atoms with E-state index in [4.69, 9.17) is 4.74 Å². The number of anilines is 1. The maximum atomic E-state index is 12.4. The molecule has 1 heterocycles. The predicted octanol–water partition coefficient (Wildman–Crippen LogP) is 1.83. The number of nitrogens with zero attached hydrogens (tertiary/aromatic N) is 1. The number of benzene rings is 1. The van der Waals surface area contributed by atoms with Gasteiger partial charge in [-0.25, -0.2) is 0 Å². The van der Waals surface area contributed by atoms with Gasteiger partial charge in [0.1, 0.15) is 5.75 Å². The SMILES string of the molecule is C=CCN(CC=C)C(=O)c1ccc2c(c1)NC(=O)CO2. The van der Waals surface area contributed by atoms with Gasteiger partial charge in [-0.15, -0.1) is 13.2 Å². The van der Waals surface area contributed by atoms with Crippen LogP contribution >= 0.6 is 0 Å². The highest BCUT2D eigenvalue weighted by Crippen LogP contribution is 2.28. The first kappa shape index (κ1) is 13.9. The van der Waals surface area contributed by atoms with Crippen LogP contribution in [0.25, 0.3) is 0 Å². The van der Waals surface area contributed by atoms with Gasteiger partial charge in [0, 0.05) is 18.7 Å². The second-order valence-electron chi connectivity index (χ2n) is 4.34. The summed E-state index contributed by atoms with van der Waals surface area (Å²) in [6.07, 6.45) is 3.31. The van der Waals surface area contributed by atoms with Crippen molar-refractivity contribution >= 4 is 17.5 Å². The first-order valence-corrected chi connectivity index (χ1v) is 6.23. The number of amides is 2. The minimum atomic E-state index is -0.226. The number of ether oxygens (including phenoxy) is 1. The molecule has 0 bridgehead atoms. The molecule has 0 aromatic heterocycles. The van der Waals surface area contributed by atoms with E-state index in [0.29, 0.717) is 30.1 Å². The van der Waals surface area contributed by atoms with Crippen molar-refractivity contribution in [2.24, 2.45) is 0 Å². The minimum absolute atomic E-state index is 0.000648. The van der Waals surface area contributed by atoms with Crippen LogP contribution < -0.4 is 10.1 Å². The lowest BCUT2D eigenvalue weighted by molar-refractivity contribution is -0.118. The van der Waals surface area contributed by atoms with E-state index in [1.165, 1.54) is 0 Å². The summed E-state index contributed by atoms with van der Waals surface area (Å²) in [5.41, 5.74) is 1.00. The molecular weight excluding hydrogens is 256 g/mol. The van der Waals surface area contributed by atoms with E-state index in [-0.39, 0.29) is 18.4 Å². The normalized spacial score (nSPS) is 12.7. The number of hydrogen-bond acceptors (Lipinski definition) is 3. The maximum absolute atomic E-state index is 12.4. The zero-order valence-electron chi connectivity index (χ0n) is 11.1. The van der Waals surface area contributed by atoms with E-state index in [1.54, 1.807) is 35.3 Å². The molecule has 1 aliphatic rings. The molecule has 0 radical (unpaired) electrons. The molecule has 20 heavy (non-hydrogen) atoms. The van der Waals surface area contributed by atoms with E-state index in [9.17, 15) is 9.59 Å². The fourth-order valence-corrected chi connectivity index (χ4v) is 1.95. The van der Waals surface area contributed by atoms with Crippen LogP contribution in [0.2, 0.25) is 0 Å². The Bertz CT molecular complexity index is 556. The number of hydrogen-bond donors (Lipinski definition) is 1. The minimum Gasteiger partial charge on any atom is -0.482 e. The van der Waals surface area contributed by atoms with E-state index < -0.39 is 0 Å². The highest BCUT2D eigenvalue weighted by molar-refractivity contribution is 5.99. The molecule has 0 aliphatic carbocycles. The topological polar surface area (TPSA) is 58.6 Å². The molecule has 1 N–H and O–H groups in total. The summed E-state index contributed by atoms with van der Waals surface area (Å²) in [6.45, 7) is 8.14. The van der Waals surface area contributed by atoms with Gasteiger partial charge < -0.3 is 15.0 Å². The molecule has 1 aliphatic heterocycles. The van der Waals surface area contributed by atoms with Crippen molar-refractivity contribution in [2.45, 2.75) is 0 Å². The fraction of sp³-hybridized carbons (Fsp3) is 0.200. The van der Waals surface area contributed by atoms with Crippen LogP contribution in [0.4, 0.5) is 5.69 Å². The molecule has 0 atom stereocenters. The van der Waals surface area contributed by atoms with E-state index in [2.05, 4.69) is 18.5 Å². The predicted molar refractivity (Wildman–Crippen MR) is 76.9 cm³/mol. The van der Waals surface area contributed by atoms with Gasteiger partial charge >= 0.3 is 0 Å². The van der Waals surface area contributed by atoms with Crippen LogP contribution in [0, 0.1) is 0 Å². The van der Waals surface area contributed by atoms with Crippen molar-refractivity contribution in [3.8, 4) is 5.75 Å². The van der Waals surface area contributed by atoms with Gasteiger partial charge in [0.25, 0.3) is 11.8 Å². The Hall–Kier alpha value is -2.56. The number of carbonyl (C=O) groups excluding carboxylic acids is 2. The Morgan fingerprint density at radius 3 is 2.70 bits per heavy atom. The third-order valence-electron chi connectivity index (χ3n) is 2.85.